The van der Waals surface area contributed by atoms with Gasteiger partial charge >= 0.3 is 17.9 Å². The van der Waals surface area contributed by atoms with Gasteiger partial charge in [0.15, 0.2) is 0 Å². The van der Waals surface area contributed by atoms with Crippen molar-refractivity contribution in [3.63, 3.8) is 0 Å². The van der Waals surface area contributed by atoms with Gasteiger partial charge in [-0.15, -0.1) is 12.3 Å². The van der Waals surface area contributed by atoms with Crippen LogP contribution >= 0.6 is 0 Å². The van der Waals surface area contributed by atoms with Gasteiger partial charge in [-0.1, -0.05) is 53.3 Å². The molecular formula is C46H66O10. The molecule has 0 aliphatic heterocycles. The molecule has 56 heavy (non-hydrogen) atoms. The van der Waals surface area contributed by atoms with Crippen LogP contribution in [0.25, 0.3) is 0 Å². The lowest BCUT2D eigenvalue weighted by Crippen LogP contribution is -2.14. The van der Waals surface area contributed by atoms with E-state index in [2.05, 4.69) is 32.7 Å². The molecule has 0 aromatic carbocycles. The summed E-state index contributed by atoms with van der Waals surface area (Å²) in [5.41, 5.74) is 3.59. The summed E-state index contributed by atoms with van der Waals surface area (Å²) in [7, 11) is 0. The second kappa shape index (κ2) is 34.6. The Morgan fingerprint density at radius 2 is 1.43 bits per heavy atom. The monoisotopic (exact) mass is 778 g/mol. The Morgan fingerprint density at radius 1 is 0.804 bits per heavy atom. The molecule has 2 aliphatic rings. The van der Waals surface area contributed by atoms with Crippen LogP contribution in [0.4, 0.5) is 0 Å². The van der Waals surface area contributed by atoms with Crippen LogP contribution in [0.3, 0.4) is 0 Å². The molecule has 2 rings (SSSR count). The SMILES string of the molecule is C=CC.C=CC(=O)OCCCCOC1=CC=C=C(C(=O)O/C(C)=C/C=C(\CC)OC(=O)C2=CC=C(OCCCCOCC(C)COCCC)C=CC2)C=C1.CC. The van der Waals surface area contributed by atoms with Gasteiger partial charge in [0.1, 0.15) is 28.6 Å². The fraction of sp³-hybridized carbons (Fsp3) is 0.478. The van der Waals surface area contributed by atoms with Crippen molar-refractivity contribution in [1.29, 1.82) is 0 Å². The third kappa shape index (κ3) is 26.0. The lowest BCUT2D eigenvalue weighted by molar-refractivity contribution is -0.138. The van der Waals surface area contributed by atoms with Gasteiger partial charge in [-0.25, -0.2) is 14.4 Å². The van der Waals surface area contributed by atoms with Crippen LogP contribution in [0.15, 0.2) is 126 Å². The van der Waals surface area contributed by atoms with Gasteiger partial charge in [-0.05, 0) is 107 Å². The minimum atomic E-state index is -0.592. The Morgan fingerprint density at radius 3 is 2.07 bits per heavy atom. The predicted octanol–water partition coefficient (Wildman–Crippen LogP) is 10.2. The summed E-state index contributed by atoms with van der Waals surface area (Å²) in [5.74, 6) is 0.857. The van der Waals surface area contributed by atoms with Crippen LogP contribution in [0.1, 0.15) is 93.4 Å². The molecule has 0 fully saturated rings. The van der Waals surface area contributed by atoms with E-state index in [1.165, 1.54) is 0 Å². The molecule has 10 nitrogen and oxygen atoms in total. The van der Waals surface area contributed by atoms with Gasteiger partial charge in [0, 0.05) is 37.2 Å². The average Bonchev–Trinajstić information content (AvgIpc) is 3.59. The number of unbranched alkanes of at least 4 members (excludes halogenated alkanes) is 2. The highest BCUT2D eigenvalue weighted by Crippen LogP contribution is 2.18. The molecule has 0 bridgehead atoms. The van der Waals surface area contributed by atoms with Crippen molar-refractivity contribution in [1.82, 2.24) is 0 Å². The molecule has 1 atom stereocenters. The van der Waals surface area contributed by atoms with Crippen LogP contribution in [-0.2, 0) is 47.5 Å². The van der Waals surface area contributed by atoms with E-state index in [-0.39, 0.29) is 5.57 Å². The molecule has 0 amide bonds. The Hall–Kier alpha value is -4.89. The molecule has 0 N–H and O–H groups in total. The quantitative estimate of drug-likeness (QED) is 0.0130. The number of rotatable bonds is 25. The fourth-order valence-electron chi connectivity index (χ4n) is 4.30. The van der Waals surface area contributed by atoms with Gasteiger partial charge in [-0.3, -0.25) is 0 Å². The molecule has 0 aromatic heterocycles. The van der Waals surface area contributed by atoms with Gasteiger partial charge in [0.2, 0.25) is 0 Å². The van der Waals surface area contributed by atoms with E-state index in [1.54, 1.807) is 61.6 Å². The minimum Gasteiger partial charge on any atom is -0.494 e. The summed E-state index contributed by atoms with van der Waals surface area (Å²) < 4.78 is 38.9. The Labute approximate surface area is 336 Å². The van der Waals surface area contributed by atoms with Crippen molar-refractivity contribution < 1.29 is 47.5 Å². The van der Waals surface area contributed by atoms with E-state index in [4.69, 9.17) is 33.2 Å². The van der Waals surface area contributed by atoms with Crippen LogP contribution in [0.2, 0.25) is 0 Å². The number of esters is 3. The maximum atomic E-state index is 12.9. The lowest BCUT2D eigenvalue weighted by atomic mass is 10.2. The van der Waals surface area contributed by atoms with Crippen LogP contribution in [0.5, 0.6) is 0 Å². The smallest absolute Gasteiger partial charge is 0.351 e. The molecule has 0 radical (unpaired) electrons. The van der Waals surface area contributed by atoms with Crippen LogP contribution < -0.4 is 0 Å². The molecule has 10 heteroatoms. The highest BCUT2D eigenvalue weighted by Gasteiger charge is 2.14. The number of ether oxygens (including phenoxy) is 7. The van der Waals surface area contributed by atoms with Gasteiger partial charge in [-0.2, -0.15) is 0 Å². The first-order valence-corrected chi connectivity index (χ1v) is 19.7. The van der Waals surface area contributed by atoms with Crippen molar-refractivity contribution in [2.24, 2.45) is 5.92 Å². The standard InChI is InChI=1S/C41H54O10.C3H6.C2H6/c1-6-25-45-30-32(4)31-46-26-9-10-27-47-38-18-14-16-35(21-24-38)41(44)51-36(7-2)22-19-33(5)50-40(43)34-15-13-17-37(23-20-34)48-28-11-12-29-49-39(42)8-3;1-3-2;1-2/h8,13-14,17-24,32H,3,6-7,9-12,16,25-31H2,1-2,4-5H3;3H,1H2,2H3;1-2H3/b33-19+,36-22+;;. The van der Waals surface area contributed by atoms with E-state index in [0.717, 1.165) is 38.6 Å². The lowest BCUT2D eigenvalue weighted by Gasteiger charge is -2.12. The largest absolute Gasteiger partial charge is 0.494 e. The number of carbonyl (C=O) groups is 3. The predicted molar refractivity (Wildman–Crippen MR) is 223 cm³/mol. The van der Waals surface area contributed by atoms with Crippen molar-refractivity contribution in [3.05, 3.63) is 126 Å². The average molecular weight is 779 g/mol. The van der Waals surface area contributed by atoms with Crippen LogP contribution in [-0.4, -0.2) is 64.2 Å². The molecular weight excluding hydrogens is 712 g/mol. The topological polar surface area (TPSA) is 116 Å². The van der Waals surface area contributed by atoms with E-state index >= 15 is 0 Å². The van der Waals surface area contributed by atoms with Gasteiger partial charge < -0.3 is 33.2 Å². The molecule has 0 saturated carbocycles. The summed E-state index contributed by atoms with van der Waals surface area (Å²) >= 11 is 0. The van der Waals surface area contributed by atoms with E-state index in [1.807, 2.05) is 39.8 Å². The molecule has 0 heterocycles. The molecule has 2 aliphatic carbocycles. The molecule has 0 saturated heterocycles. The fourth-order valence-corrected chi connectivity index (χ4v) is 4.30. The van der Waals surface area contributed by atoms with Gasteiger partial charge in [0.25, 0.3) is 0 Å². The summed E-state index contributed by atoms with van der Waals surface area (Å²) in [6, 6.07) is 0. The normalized spacial score (nSPS) is 14.0. The maximum Gasteiger partial charge on any atom is 0.351 e. The Balaban J connectivity index is 0.00000575. The zero-order valence-electron chi connectivity index (χ0n) is 34.9. The summed E-state index contributed by atoms with van der Waals surface area (Å²) in [6.45, 7) is 24.5. The second-order valence-electron chi connectivity index (χ2n) is 12.2. The number of hydrogen-bond donors (Lipinski definition) is 0. The molecule has 310 valence electrons. The first-order valence-electron chi connectivity index (χ1n) is 19.7. The third-order valence-corrected chi connectivity index (χ3v) is 7.10. The number of hydrogen-bond acceptors (Lipinski definition) is 10. The van der Waals surface area contributed by atoms with Gasteiger partial charge in [0.05, 0.1) is 33.0 Å². The third-order valence-electron chi connectivity index (χ3n) is 7.10. The molecule has 1 unspecified atom stereocenters. The van der Waals surface area contributed by atoms with E-state index in [9.17, 15) is 14.4 Å². The zero-order chi connectivity index (χ0) is 41.8. The van der Waals surface area contributed by atoms with Crippen molar-refractivity contribution in [2.75, 3.05) is 46.2 Å². The van der Waals surface area contributed by atoms with Crippen molar-refractivity contribution >= 4 is 17.9 Å². The Kier molecular flexibility index (Phi) is 31.6. The zero-order valence-corrected chi connectivity index (χ0v) is 34.9. The first-order chi connectivity index (χ1) is 27.2. The summed E-state index contributed by atoms with van der Waals surface area (Å²) in [4.78, 5) is 36.7. The van der Waals surface area contributed by atoms with Crippen LogP contribution in [0, 0.1) is 5.92 Å². The van der Waals surface area contributed by atoms with Crippen molar-refractivity contribution in [3.8, 4) is 0 Å². The highest BCUT2D eigenvalue weighted by atomic mass is 16.5. The first kappa shape index (κ1) is 51.1. The van der Waals surface area contributed by atoms with E-state index < -0.39 is 17.9 Å². The van der Waals surface area contributed by atoms with E-state index in [0.29, 0.717) is 93.2 Å². The second-order valence-corrected chi connectivity index (χ2v) is 12.2. The molecule has 0 aromatic rings. The summed E-state index contributed by atoms with van der Waals surface area (Å²) in [6.07, 6.45) is 24.8. The summed E-state index contributed by atoms with van der Waals surface area (Å²) in [5, 5.41) is 0. The Bertz CT molecular complexity index is 1480. The highest BCUT2D eigenvalue weighted by molar-refractivity contribution is 5.92. The number of carbonyl (C=O) groups excluding carboxylic acids is 3. The molecule has 0 spiro atoms. The minimum absolute atomic E-state index is 0.216. The van der Waals surface area contributed by atoms with Crippen molar-refractivity contribution in [2.45, 2.75) is 93.4 Å². The number of allylic oxidation sites excluding steroid dienone is 11. The maximum absolute atomic E-state index is 12.9.